The Labute approximate surface area is 156 Å². The van der Waals surface area contributed by atoms with Gasteiger partial charge >= 0.3 is 5.91 Å². The highest BCUT2D eigenvalue weighted by Gasteiger charge is 2.15. The molecule has 0 aliphatic heterocycles. The van der Waals surface area contributed by atoms with Crippen LogP contribution in [0.2, 0.25) is 5.02 Å². The molecule has 1 aromatic heterocycles. The SMILES string of the molecule is CCN(CC)Cc1ccc(C(=O)NNC(=O)Cc2c(F)cccc2Cl)o1. The molecule has 0 aliphatic carbocycles. The second-order valence-corrected chi connectivity index (χ2v) is 6.01. The van der Waals surface area contributed by atoms with Gasteiger partial charge in [0.15, 0.2) is 5.76 Å². The summed E-state index contributed by atoms with van der Waals surface area (Å²) in [5, 5.41) is 0.151. The van der Waals surface area contributed by atoms with Gasteiger partial charge in [0.1, 0.15) is 11.6 Å². The van der Waals surface area contributed by atoms with Crippen LogP contribution in [0.5, 0.6) is 0 Å². The summed E-state index contributed by atoms with van der Waals surface area (Å²) in [6, 6.07) is 7.41. The van der Waals surface area contributed by atoms with Gasteiger partial charge in [-0.1, -0.05) is 31.5 Å². The molecule has 1 aromatic carbocycles. The van der Waals surface area contributed by atoms with E-state index >= 15 is 0 Å². The van der Waals surface area contributed by atoms with E-state index in [1.54, 1.807) is 6.07 Å². The van der Waals surface area contributed by atoms with Crippen molar-refractivity contribution < 1.29 is 18.4 Å². The third-order valence-electron chi connectivity index (χ3n) is 3.87. The van der Waals surface area contributed by atoms with Crippen molar-refractivity contribution in [2.45, 2.75) is 26.8 Å². The number of furan rings is 1. The van der Waals surface area contributed by atoms with Gasteiger partial charge in [0, 0.05) is 10.6 Å². The molecule has 0 atom stereocenters. The van der Waals surface area contributed by atoms with E-state index in [4.69, 9.17) is 16.0 Å². The molecule has 0 bridgehead atoms. The first kappa shape index (κ1) is 19.9. The van der Waals surface area contributed by atoms with E-state index in [1.807, 2.05) is 13.8 Å². The second-order valence-electron chi connectivity index (χ2n) is 5.61. The third kappa shape index (κ3) is 5.31. The maximum atomic E-state index is 13.7. The monoisotopic (exact) mass is 381 g/mol. The number of nitrogens with zero attached hydrogens (tertiary/aromatic N) is 1. The lowest BCUT2D eigenvalue weighted by Gasteiger charge is -2.15. The van der Waals surface area contributed by atoms with Gasteiger partial charge < -0.3 is 4.42 Å². The molecule has 0 fully saturated rings. The van der Waals surface area contributed by atoms with Crippen LogP contribution in [-0.2, 0) is 17.8 Å². The van der Waals surface area contributed by atoms with Crippen molar-refractivity contribution in [3.05, 3.63) is 58.3 Å². The lowest BCUT2D eigenvalue weighted by atomic mass is 10.1. The van der Waals surface area contributed by atoms with E-state index in [-0.39, 0.29) is 22.8 Å². The summed E-state index contributed by atoms with van der Waals surface area (Å²) in [5.41, 5.74) is 4.53. The molecule has 8 heteroatoms. The van der Waals surface area contributed by atoms with E-state index < -0.39 is 17.6 Å². The maximum Gasteiger partial charge on any atom is 0.305 e. The molecule has 0 radical (unpaired) electrons. The number of nitrogens with one attached hydrogen (secondary N) is 2. The average molecular weight is 382 g/mol. The van der Waals surface area contributed by atoms with Gasteiger partial charge in [0.05, 0.1) is 13.0 Å². The molecule has 2 N–H and O–H groups in total. The molecule has 0 unspecified atom stereocenters. The van der Waals surface area contributed by atoms with E-state index in [1.165, 1.54) is 24.3 Å². The van der Waals surface area contributed by atoms with Crippen molar-refractivity contribution in [3.63, 3.8) is 0 Å². The van der Waals surface area contributed by atoms with Crippen LogP contribution in [-0.4, -0.2) is 29.8 Å². The lowest BCUT2D eigenvalue weighted by molar-refractivity contribution is -0.121. The number of carbonyl (C=O) groups excluding carboxylic acids is 2. The Morgan fingerprint density at radius 1 is 1.15 bits per heavy atom. The summed E-state index contributed by atoms with van der Waals surface area (Å²) in [4.78, 5) is 26.1. The summed E-state index contributed by atoms with van der Waals surface area (Å²) in [6.45, 7) is 6.41. The summed E-state index contributed by atoms with van der Waals surface area (Å²) in [7, 11) is 0. The van der Waals surface area contributed by atoms with Gasteiger partial charge in [0.25, 0.3) is 0 Å². The molecule has 2 aromatic rings. The topological polar surface area (TPSA) is 74.6 Å². The largest absolute Gasteiger partial charge is 0.454 e. The van der Waals surface area contributed by atoms with Crippen LogP contribution in [0.25, 0.3) is 0 Å². The Morgan fingerprint density at radius 3 is 2.54 bits per heavy atom. The Hall–Kier alpha value is -2.38. The van der Waals surface area contributed by atoms with Gasteiger partial charge in [0.2, 0.25) is 5.91 Å². The minimum Gasteiger partial charge on any atom is -0.454 e. The predicted molar refractivity (Wildman–Crippen MR) is 96.1 cm³/mol. The van der Waals surface area contributed by atoms with E-state index in [9.17, 15) is 14.0 Å². The Bertz CT molecular complexity index is 755. The zero-order valence-electron chi connectivity index (χ0n) is 14.6. The molecular weight excluding hydrogens is 361 g/mol. The number of halogens is 2. The number of benzene rings is 1. The quantitative estimate of drug-likeness (QED) is 0.723. The second kappa shape index (κ2) is 9.35. The minimum absolute atomic E-state index is 0.0698. The predicted octanol–water partition coefficient (Wildman–Crippen LogP) is 2.92. The van der Waals surface area contributed by atoms with Crippen molar-refractivity contribution in [1.82, 2.24) is 15.8 Å². The first-order valence-electron chi connectivity index (χ1n) is 8.27. The zero-order valence-corrected chi connectivity index (χ0v) is 15.4. The van der Waals surface area contributed by atoms with E-state index in [0.717, 1.165) is 13.1 Å². The van der Waals surface area contributed by atoms with Gasteiger partial charge in [-0.15, -0.1) is 0 Å². The lowest BCUT2D eigenvalue weighted by Crippen LogP contribution is -2.42. The fourth-order valence-corrected chi connectivity index (χ4v) is 2.58. The van der Waals surface area contributed by atoms with Crippen LogP contribution < -0.4 is 10.9 Å². The van der Waals surface area contributed by atoms with Gasteiger partial charge in [-0.3, -0.25) is 25.3 Å². The highest BCUT2D eigenvalue weighted by molar-refractivity contribution is 6.31. The van der Waals surface area contributed by atoms with Crippen molar-refractivity contribution in [3.8, 4) is 0 Å². The molecule has 6 nitrogen and oxygen atoms in total. The van der Waals surface area contributed by atoms with Crippen LogP contribution in [0.3, 0.4) is 0 Å². The van der Waals surface area contributed by atoms with Gasteiger partial charge in [-0.25, -0.2) is 4.39 Å². The molecule has 0 saturated heterocycles. The summed E-state index contributed by atoms with van der Waals surface area (Å²) < 4.78 is 19.2. The van der Waals surface area contributed by atoms with Crippen LogP contribution in [0.4, 0.5) is 4.39 Å². The Morgan fingerprint density at radius 2 is 1.88 bits per heavy atom. The summed E-state index contributed by atoms with van der Waals surface area (Å²) in [6.07, 6.45) is -0.294. The molecule has 26 heavy (non-hydrogen) atoms. The summed E-state index contributed by atoms with van der Waals surface area (Å²) >= 11 is 5.87. The molecular formula is C18H21ClFN3O3. The average Bonchev–Trinajstić information content (AvgIpc) is 3.09. The van der Waals surface area contributed by atoms with E-state index in [2.05, 4.69) is 15.8 Å². The third-order valence-corrected chi connectivity index (χ3v) is 4.23. The maximum absolute atomic E-state index is 13.7. The van der Waals surface area contributed by atoms with Crippen molar-refractivity contribution in [2.24, 2.45) is 0 Å². The highest BCUT2D eigenvalue weighted by Crippen LogP contribution is 2.19. The standard InChI is InChI=1S/C18H21ClFN3O3/c1-3-23(4-2)11-12-8-9-16(26-12)18(25)22-21-17(24)10-13-14(19)6-5-7-15(13)20/h5-9H,3-4,10-11H2,1-2H3,(H,21,24)(H,22,25). The van der Waals surface area contributed by atoms with Crippen LogP contribution in [0.15, 0.2) is 34.7 Å². The van der Waals surface area contributed by atoms with Gasteiger partial charge in [-0.2, -0.15) is 0 Å². The molecule has 2 amide bonds. The first-order valence-corrected chi connectivity index (χ1v) is 8.65. The summed E-state index contributed by atoms with van der Waals surface area (Å²) in [5.74, 6) is -1.03. The molecule has 140 valence electrons. The number of hydrogen-bond acceptors (Lipinski definition) is 4. The van der Waals surface area contributed by atoms with Gasteiger partial charge in [-0.05, 0) is 37.4 Å². The first-order chi connectivity index (χ1) is 12.4. The number of hydrogen-bond donors (Lipinski definition) is 2. The zero-order chi connectivity index (χ0) is 19.1. The number of amides is 2. The Balaban J connectivity index is 1.88. The van der Waals surface area contributed by atoms with Crippen LogP contribution in [0, 0.1) is 5.82 Å². The fraction of sp³-hybridized carbons (Fsp3) is 0.333. The van der Waals surface area contributed by atoms with Crippen molar-refractivity contribution in [2.75, 3.05) is 13.1 Å². The minimum atomic E-state index is -0.597. The van der Waals surface area contributed by atoms with Crippen molar-refractivity contribution in [1.29, 1.82) is 0 Å². The normalized spacial score (nSPS) is 10.8. The Kier molecular flexibility index (Phi) is 7.17. The van der Waals surface area contributed by atoms with Crippen molar-refractivity contribution >= 4 is 23.4 Å². The number of rotatable bonds is 7. The molecule has 0 aliphatic rings. The molecule has 2 rings (SSSR count). The molecule has 0 spiro atoms. The van der Waals surface area contributed by atoms with E-state index in [0.29, 0.717) is 12.3 Å². The fourth-order valence-electron chi connectivity index (χ4n) is 2.35. The van der Waals surface area contributed by atoms with Crippen LogP contribution >= 0.6 is 11.6 Å². The molecule has 0 saturated carbocycles. The smallest absolute Gasteiger partial charge is 0.305 e. The molecule has 1 heterocycles. The highest BCUT2D eigenvalue weighted by atomic mass is 35.5. The number of carbonyl (C=O) groups is 2. The number of hydrazine groups is 1. The van der Waals surface area contributed by atoms with Crippen LogP contribution in [0.1, 0.15) is 35.7 Å².